The van der Waals surface area contributed by atoms with E-state index in [-0.39, 0.29) is 12.5 Å². The highest BCUT2D eigenvalue weighted by atomic mass is 16.5. The zero-order valence-electron chi connectivity index (χ0n) is 16.1. The van der Waals surface area contributed by atoms with Crippen molar-refractivity contribution < 1.29 is 14.3 Å². The van der Waals surface area contributed by atoms with Crippen LogP contribution >= 0.6 is 0 Å². The minimum Gasteiger partial charge on any atom is -0.493 e. The Morgan fingerprint density at radius 2 is 1.76 bits per heavy atom. The second kappa shape index (κ2) is 8.02. The lowest BCUT2D eigenvalue weighted by Crippen LogP contribution is -2.19. The first-order valence-electron chi connectivity index (χ1n) is 9.07. The molecule has 0 aliphatic heterocycles. The Morgan fingerprint density at radius 3 is 2.52 bits per heavy atom. The number of amides is 1. The van der Waals surface area contributed by atoms with E-state index in [9.17, 15) is 4.79 Å². The molecular weight excluding hydrogens is 368 g/mol. The van der Waals surface area contributed by atoms with Crippen molar-refractivity contribution in [2.75, 3.05) is 19.5 Å². The van der Waals surface area contributed by atoms with E-state index >= 15 is 0 Å². The summed E-state index contributed by atoms with van der Waals surface area (Å²) in [5, 5.41) is 2.91. The maximum Gasteiger partial charge on any atom is 0.244 e. The first kappa shape index (κ1) is 18.5. The van der Waals surface area contributed by atoms with Crippen LogP contribution in [-0.2, 0) is 11.3 Å². The van der Waals surface area contributed by atoms with Crippen LogP contribution in [0.4, 0.5) is 5.69 Å². The molecule has 0 aliphatic carbocycles. The average Bonchev–Trinajstić information content (AvgIpc) is 3.12. The third-order valence-electron chi connectivity index (χ3n) is 4.56. The van der Waals surface area contributed by atoms with Gasteiger partial charge in [-0.1, -0.05) is 12.1 Å². The van der Waals surface area contributed by atoms with Gasteiger partial charge < -0.3 is 19.4 Å². The number of hydrogen-bond donors (Lipinski definition) is 1. The summed E-state index contributed by atoms with van der Waals surface area (Å²) in [7, 11) is 3.13. The zero-order chi connectivity index (χ0) is 20.2. The van der Waals surface area contributed by atoms with Gasteiger partial charge in [0.15, 0.2) is 11.5 Å². The van der Waals surface area contributed by atoms with Crippen LogP contribution in [0.15, 0.2) is 67.0 Å². The first-order valence-corrected chi connectivity index (χ1v) is 9.07. The Hall–Kier alpha value is -3.87. The number of rotatable bonds is 6. The first-order chi connectivity index (χ1) is 14.2. The smallest absolute Gasteiger partial charge is 0.244 e. The van der Waals surface area contributed by atoms with Crippen LogP contribution in [0.1, 0.15) is 0 Å². The molecular formula is C22H20N4O3. The number of benzene rings is 2. The fourth-order valence-corrected chi connectivity index (χ4v) is 3.22. The Bertz CT molecular complexity index is 1160. The number of nitrogens with one attached hydrogen (secondary N) is 1. The van der Waals surface area contributed by atoms with Crippen LogP contribution < -0.4 is 14.8 Å². The predicted octanol–water partition coefficient (Wildman–Crippen LogP) is 3.75. The van der Waals surface area contributed by atoms with E-state index < -0.39 is 0 Å². The molecule has 0 unspecified atom stereocenters. The van der Waals surface area contributed by atoms with Gasteiger partial charge in [0, 0.05) is 29.7 Å². The third kappa shape index (κ3) is 3.75. The van der Waals surface area contributed by atoms with Gasteiger partial charge in [0.05, 0.1) is 25.3 Å². The number of nitrogens with zero attached hydrogens (tertiary/aromatic N) is 3. The van der Waals surface area contributed by atoms with Crippen molar-refractivity contribution in [3.05, 3.63) is 67.0 Å². The minimum absolute atomic E-state index is 0.118. The third-order valence-corrected chi connectivity index (χ3v) is 4.56. The van der Waals surface area contributed by atoms with Gasteiger partial charge in [0.25, 0.3) is 0 Å². The molecule has 0 atom stereocenters. The number of hydrogen-bond acceptors (Lipinski definition) is 5. The lowest BCUT2D eigenvalue weighted by atomic mass is 10.2. The van der Waals surface area contributed by atoms with E-state index in [1.54, 1.807) is 44.8 Å². The molecule has 1 amide bonds. The number of carbonyl (C=O) groups excluding carboxylic acids is 1. The SMILES string of the molecule is COc1ccc(NC(=O)Cn2c(-c3ccncc3)nc3ccccc32)cc1OC. The molecule has 2 heterocycles. The summed E-state index contributed by atoms with van der Waals surface area (Å²) in [6.07, 6.45) is 3.42. The van der Waals surface area contributed by atoms with Gasteiger partial charge >= 0.3 is 0 Å². The molecule has 0 saturated heterocycles. The summed E-state index contributed by atoms with van der Waals surface area (Å²) in [6, 6.07) is 16.8. The molecule has 0 fully saturated rings. The van der Waals surface area contributed by atoms with Gasteiger partial charge in [-0.15, -0.1) is 0 Å². The summed E-state index contributed by atoms with van der Waals surface area (Å²) < 4.78 is 12.4. The van der Waals surface area contributed by atoms with Crippen molar-refractivity contribution >= 4 is 22.6 Å². The van der Waals surface area contributed by atoms with Crippen LogP contribution in [0.3, 0.4) is 0 Å². The summed E-state index contributed by atoms with van der Waals surface area (Å²) in [4.78, 5) is 21.6. The zero-order valence-corrected chi connectivity index (χ0v) is 16.1. The van der Waals surface area contributed by atoms with Crippen molar-refractivity contribution in [3.8, 4) is 22.9 Å². The highest BCUT2D eigenvalue weighted by Crippen LogP contribution is 2.30. The largest absolute Gasteiger partial charge is 0.493 e. The van der Waals surface area contributed by atoms with E-state index in [0.717, 1.165) is 22.4 Å². The van der Waals surface area contributed by atoms with Crippen molar-refractivity contribution in [1.82, 2.24) is 14.5 Å². The lowest BCUT2D eigenvalue weighted by Gasteiger charge is -2.12. The molecule has 0 radical (unpaired) electrons. The molecule has 29 heavy (non-hydrogen) atoms. The minimum atomic E-state index is -0.171. The Kier molecular flexibility index (Phi) is 5.11. The molecule has 1 N–H and O–H groups in total. The van der Waals surface area contributed by atoms with Crippen molar-refractivity contribution in [2.24, 2.45) is 0 Å². The summed E-state index contributed by atoms with van der Waals surface area (Å²) in [5.41, 5.74) is 3.25. The topological polar surface area (TPSA) is 78.3 Å². The molecule has 7 nitrogen and oxygen atoms in total. The van der Waals surface area contributed by atoms with Gasteiger partial charge in [0.1, 0.15) is 12.4 Å². The molecule has 0 saturated carbocycles. The number of para-hydroxylation sites is 2. The van der Waals surface area contributed by atoms with Crippen LogP contribution in [0.25, 0.3) is 22.4 Å². The normalized spacial score (nSPS) is 10.7. The summed E-state index contributed by atoms with van der Waals surface area (Å²) >= 11 is 0. The lowest BCUT2D eigenvalue weighted by molar-refractivity contribution is -0.116. The van der Waals surface area contributed by atoms with E-state index in [2.05, 4.69) is 10.3 Å². The van der Waals surface area contributed by atoms with E-state index in [4.69, 9.17) is 14.5 Å². The maximum absolute atomic E-state index is 12.8. The van der Waals surface area contributed by atoms with Crippen LogP contribution in [-0.4, -0.2) is 34.7 Å². The molecule has 4 rings (SSSR count). The molecule has 0 aliphatic rings. The van der Waals surface area contributed by atoms with Crippen molar-refractivity contribution in [3.63, 3.8) is 0 Å². The summed E-state index contributed by atoms with van der Waals surface area (Å²) in [5.74, 6) is 1.70. The molecule has 7 heteroatoms. The molecule has 146 valence electrons. The Morgan fingerprint density at radius 1 is 1.00 bits per heavy atom. The highest BCUT2D eigenvalue weighted by Gasteiger charge is 2.15. The molecule has 0 bridgehead atoms. The monoisotopic (exact) mass is 388 g/mol. The number of ether oxygens (including phenoxy) is 2. The van der Waals surface area contributed by atoms with Crippen LogP contribution in [0, 0.1) is 0 Å². The van der Waals surface area contributed by atoms with E-state index in [0.29, 0.717) is 17.2 Å². The highest BCUT2D eigenvalue weighted by molar-refractivity contribution is 5.93. The van der Waals surface area contributed by atoms with E-state index in [1.807, 2.05) is 41.0 Å². The van der Waals surface area contributed by atoms with Gasteiger partial charge in [-0.3, -0.25) is 9.78 Å². The van der Waals surface area contributed by atoms with E-state index in [1.165, 1.54) is 0 Å². The van der Waals surface area contributed by atoms with Gasteiger partial charge in [-0.2, -0.15) is 0 Å². The maximum atomic E-state index is 12.8. The van der Waals surface area contributed by atoms with Crippen LogP contribution in [0.5, 0.6) is 11.5 Å². The summed E-state index contributed by atoms with van der Waals surface area (Å²) in [6.45, 7) is 0.118. The quantitative estimate of drug-likeness (QED) is 0.544. The van der Waals surface area contributed by atoms with Crippen LogP contribution in [0.2, 0.25) is 0 Å². The number of carbonyl (C=O) groups is 1. The number of fused-ring (bicyclic) bond motifs is 1. The molecule has 2 aromatic heterocycles. The van der Waals surface area contributed by atoms with Gasteiger partial charge in [-0.25, -0.2) is 4.98 Å². The van der Waals surface area contributed by atoms with Gasteiger partial charge in [0.2, 0.25) is 5.91 Å². The van der Waals surface area contributed by atoms with Crippen molar-refractivity contribution in [2.45, 2.75) is 6.54 Å². The Balaban J connectivity index is 1.65. The number of imidazole rings is 1. The average molecular weight is 388 g/mol. The number of pyridine rings is 1. The molecule has 4 aromatic rings. The van der Waals surface area contributed by atoms with Gasteiger partial charge in [-0.05, 0) is 36.4 Å². The predicted molar refractivity (Wildman–Crippen MR) is 111 cm³/mol. The number of anilines is 1. The second-order valence-electron chi connectivity index (χ2n) is 6.36. The fourth-order valence-electron chi connectivity index (χ4n) is 3.22. The Labute approximate surface area is 167 Å². The number of methoxy groups -OCH3 is 2. The number of aromatic nitrogens is 3. The molecule has 2 aromatic carbocycles. The standard InChI is InChI=1S/C22H20N4O3/c1-28-19-8-7-16(13-20(19)29-2)24-21(27)14-26-18-6-4-3-5-17(18)25-22(26)15-9-11-23-12-10-15/h3-13H,14H2,1-2H3,(H,24,27). The second-order valence-corrected chi connectivity index (χ2v) is 6.36. The fraction of sp³-hybridized carbons (Fsp3) is 0.136. The van der Waals surface area contributed by atoms with Crippen molar-refractivity contribution in [1.29, 1.82) is 0 Å². The molecule has 0 spiro atoms.